The monoisotopic (exact) mass is 443 g/mol. The highest BCUT2D eigenvalue weighted by atomic mass is 35.5. The van der Waals surface area contributed by atoms with Gasteiger partial charge in [-0.25, -0.2) is 4.79 Å². The number of rotatable bonds is 6. The highest BCUT2D eigenvalue weighted by molar-refractivity contribution is 6.30. The van der Waals surface area contributed by atoms with Crippen LogP contribution < -0.4 is 10.6 Å². The molecule has 0 spiro atoms. The van der Waals surface area contributed by atoms with Crippen molar-refractivity contribution >= 4 is 35.2 Å². The third-order valence-electron chi connectivity index (χ3n) is 5.29. The molecule has 164 valence electrons. The zero-order valence-electron chi connectivity index (χ0n) is 17.3. The van der Waals surface area contributed by atoms with Gasteiger partial charge in [0.25, 0.3) is 0 Å². The lowest BCUT2D eigenvalue weighted by Crippen LogP contribution is -2.47. The predicted octanol–water partition coefficient (Wildman–Crippen LogP) is 4.00. The van der Waals surface area contributed by atoms with Crippen LogP contribution in [-0.2, 0) is 14.3 Å². The van der Waals surface area contributed by atoms with Crippen molar-refractivity contribution in [3.63, 3.8) is 0 Å². The Labute approximate surface area is 186 Å². The quantitative estimate of drug-likeness (QED) is 0.660. The molecule has 3 rings (SSSR count). The maximum Gasteiger partial charge on any atom is 0.321 e. The number of hydrogen-bond acceptors (Lipinski definition) is 4. The molecule has 2 N–H and O–H groups in total. The number of methoxy groups -OCH3 is 1. The van der Waals surface area contributed by atoms with E-state index in [0.29, 0.717) is 30.2 Å². The Morgan fingerprint density at radius 1 is 1.13 bits per heavy atom. The Balaban J connectivity index is 1.64. The fourth-order valence-electron chi connectivity index (χ4n) is 3.59. The SMILES string of the molecule is COC(=O)C[C@@H](NC(=O)[C@@H]1CCCN(C(=O)Nc2ccccc2)C1)c1ccc(Cl)cc1. The van der Waals surface area contributed by atoms with Gasteiger partial charge < -0.3 is 20.3 Å². The number of piperidine rings is 1. The minimum atomic E-state index is -0.536. The van der Waals surface area contributed by atoms with Gasteiger partial charge in [0.2, 0.25) is 5.91 Å². The van der Waals surface area contributed by atoms with Crippen LogP contribution in [0.25, 0.3) is 0 Å². The minimum Gasteiger partial charge on any atom is -0.469 e. The number of urea groups is 1. The highest BCUT2D eigenvalue weighted by Gasteiger charge is 2.30. The number of hydrogen-bond donors (Lipinski definition) is 2. The van der Waals surface area contributed by atoms with Crippen LogP contribution in [0, 0.1) is 5.92 Å². The van der Waals surface area contributed by atoms with Crippen molar-refractivity contribution < 1.29 is 19.1 Å². The van der Waals surface area contributed by atoms with Crippen LogP contribution in [0.15, 0.2) is 54.6 Å². The molecule has 0 saturated carbocycles. The van der Waals surface area contributed by atoms with Gasteiger partial charge in [0.05, 0.1) is 25.5 Å². The van der Waals surface area contributed by atoms with E-state index >= 15 is 0 Å². The summed E-state index contributed by atoms with van der Waals surface area (Å²) in [6, 6.07) is 15.4. The number of carbonyl (C=O) groups excluding carboxylic acids is 3. The first-order valence-electron chi connectivity index (χ1n) is 10.2. The summed E-state index contributed by atoms with van der Waals surface area (Å²) in [5.41, 5.74) is 1.47. The van der Waals surface area contributed by atoms with Crippen LogP contribution in [0.2, 0.25) is 5.02 Å². The molecule has 1 saturated heterocycles. The molecule has 7 nitrogen and oxygen atoms in total. The second-order valence-corrected chi connectivity index (χ2v) is 7.91. The van der Waals surface area contributed by atoms with Crippen LogP contribution in [0.3, 0.4) is 0 Å². The van der Waals surface area contributed by atoms with E-state index in [1.807, 2.05) is 30.3 Å². The third kappa shape index (κ3) is 6.46. The minimum absolute atomic E-state index is 0.00873. The smallest absolute Gasteiger partial charge is 0.321 e. The molecule has 0 radical (unpaired) electrons. The molecule has 31 heavy (non-hydrogen) atoms. The summed E-state index contributed by atoms with van der Waals surface area (Å²) >= 11 is 5.96. The number of ether oxygens (including phenoxy) is 1. The van der Waals surface area contributed by atoms with Gasteiger partial charge in [-0.15, -0.1) is 0 Å². The van der Waals surface area contributed by atoms with E-state index in [-0.39, 0.29) is 24.3 Å². The second kappa shape index (κ2) is 10.8. The molecule has 8 heteroatoms. The van der Waals surface area contributed by atoms with E-state index in [4.69, 9.17) is 16.3 Å². The molecule has 1 aliphatic heterocycles. The lowest BCUT2D eigenvalue weighted by molar-refractivity contribution is -0.141. The molecular formula is C23H26ClN3O4. The number of esters is 1. The Morgan fingerprint density at radius 3 is 2.52 bits per heavy atom. The van der Waals surface area contributed by atoms with Crippen molar-refractivity contribution in [3.05, 3.63) is 65.2 Å². The lowest BCUT2D eigenvalue weighted by atomic mass is 9.95. The molecule has 0 bridgehead atoms. The summed E-state index contributed by atoms with van der Waals surface area (Å²) in [6.07, 6.45) is 1.41. The van der Waals surface area contributed by atoms with Gasteiger partial charge in [0.1, 0.15) is 0 Å². The summed E-state index contributed by atoms with van der Waals surface area (Å²) in [4.78, 5) is 39.1. The molecule has 0 aromatic heterocycles. The van der Waals surface area contributed by atoms with Crippen molar-refractivity contribution in [3.8, 4) is 0 Å². The molecule has 1 aliphatic rings. The standard InChI is InChI=1S/C23H26ClN3O4/c1-31-21(28)14-20(16-9-11-18(24)12-10-16)26-22(29)17-6-5-13-27(15-17)23(30)25-19-7-3-2-4-8-19/h2-4,7-12,17,20H,5-6,13-15H2,1H3,(H,25,30)(H,26,29)/t17-,20-/m1/s1. The van der Waals surface area contributed by atoms with Crippen molar-refractivity contribution in [2.75, 3.05) is 25.5 Å². The molecule has 2 aromatic rings. The lowest BCUT2D eigenvalue weighted by Gasteiger charge is -2.33. The van der Waals surface area contributed by atoms with Gasteiger partial charge >= 0.3 is 12.0 Å². The van der Waals surface area contributed by atoms with Crippen molar-refractivity contribution in [2.45, 2.75) is 25.3 Å². The summed E-state index contributed by atoms with van der Waals surface area (Å²) in [6.45, 7) is 0.904. The van der Waals surface area contributed by atoms with Crippen molar-refractivity contribution in [1.82, 2.24) is 10.2 Å². The first-order valence-corrected chi connectivity index (χ1v) is 10.6. The Kier molecular flexibility index (Phi) is 7.89. The number of amides is 3. The van der Waals surface area contributed by atoms with E-state index in [9.17, 15) is 14.4 Å². The number of anilines is 1. The van der Waals surface area contributed by atoms with E-state index in [0.717, 1.165) is 12.0 Å². The average Bonchev–Trinajstić information content (AvgIpc) is 2.79. The number of nitrogens with one attached hydrogen (secondary N) is 2. The van der Waals surface area contributed by atoms with E-state index in [1.54, 1.807) is 29.2 Å². The number of carbonyl (C=O) groups is 3. The summed E-state index contributed by atoms with van der Waals surface area (Å²) in [7, 11) is 1.31. The molecule has 2 aromatic carbocycles. The molecule has 3 amide bonds. The van der Waals surface area contributed by atoms with Gasteiger partial charge in [-0.3, -0.25) is 9.59 Å². The molecule has 0 unspecified atom stereocenters. The number of para-hydroxylation sites is 1. The number of benzene rings is 2. The van der Waals surface area contributed by atoms with Crippen molar-refractivity contribution in [2.24, 2.45) is 5.92 Å². The van der Waals surface area contributed by atoms with Gasteiger partial charge in [-0.1, -0.05) is 41.9 Å². The van der Waals surface area contributed by atoms with Gasteiger partial charge in [-0.05, 0) is 42.7 Å². The van der Waals surface area contributed by atoms with Crippen LogP contribution in [-0.4, -0.2) is 43.0 Å². The van der Waals surface area contributed by atoms with Gasteiger partial charge in [0, 0.05) is 23.8 Å². The second-order valence-electron chi connectivity index (χ2n) is 7.47. The highest BCUT2D eigenvalue weighted by Crippen LogP contribution is 2.23. The molecule has 1 heterocycles. The van der Waals surface area contributed by atoms with Gasteiger partial charge in [0.15, 0.2) is 0 Å². The largest absolute Gasteiger partial charge is 0.469 e. The van der Waals surface area contributed by atoms with Crippen LogP contribution in [0.1, 0.15) is 30.9 Å². The Morgan fingerprint density at radius 2 is 1.84 bits per heavy atom. The fourth-order valence-corrected chi connectivity index (χ4v) is 3.71. The zero-order valence-corrected chi connectivity index (χ0v) is 18.1. The topological polar surface area (TPSA) is 87.7 Å². The van der Waals surface area contributed by atoms with Crippen LogP contribution >= 0.6 is 11.6 Å². The zero-order chi connectivity index (χ0) is 22.2. The number of halogens is 1. The third-order valence-corrected chi connectivity index (χ3v) is 5.54. The normalized spacial score (nSPS) is 16.8. The van der Waals surface area contributed by atoms with E-state index < -0.39 is 12.0 Å². The Hall–Kier alpha value is -3.06. The number of likely N-dealkylation sites (tertiary alicyclic amines) is 1. The molecule has 0 aliphatic carbocycles. The van der Waals surface area contributed by atoms with E-state index in [2.05, 4.69) is 10.6 Å². The van der Waals surface area contributed by atoms with Gasteiger partial charge in [-0.2, -0.15) is 0 Å². The fraction of sp³-hybridized carbons (Fsp3) is 0.348. The maximum absolute atomic E-state index is 13.0. The maximum atomic E-state index is 13.0. The predicted molar refractivity (Wildman–Crippen MR) is 119 cm³/mol. The first kappa shape index (κ1) is 22.6. The van der Waals surface area contributed by atoms with Crippen LogP contribution in [0.4, 0.5) is 10.5 Å². The van der Waals surface area contributed by atoms with Crippen LogP contribution in [0.5, 0.6) is 0 Å². The van der Waals surface area contributed by atoms with E-state index in [1.165, 1.54) is 7.11 Å². The summed E-state index contributed by atoms with van der Waals surface area (Å²) in [5, 5.41) is 6.38. The Bertz CT molecular complexity index is 905. The average molecular weight is 444 g/mol. The summed E-state index contributed by atoms with van der Waals surface area (Å²) in [5.74, 6) is -0.975. The van der Waals surface area contributed by atoms with Crippen molar-refractivity contribution in [1.29, 1.82) is 0 Å². The molecular weight excluding hydrogens is 418 g/mol. The summed E-state index contributed by atoms with van der Waals surface area (Å²) < 4.78 is 4.78. The molecule has 1 fully saturated rings. The first-order chi connectivity index (χ1) is 15.0. The molecule has 2 atom stereocenters. The number of nitrogens with zero attached hydrogens (tertiary/aromatic N) is 1.